The molecule has 1 heterocycles. The smallest absolute Gasteiger partial charge is 0.321 e. The molecule has 4 rings (SSSR count). The fraction of sp³-hybridized carbons (Fsp3) is 0.300. The normalized spacial score (nSPS) is 13.3. The van der Waals surface area contributed by atoms with Gasteiger partial charge in [-0.25, -0.2) is 4.79 Å². The van der Waals surface area contributed by atoms with Gasteiger partial charge in [0.1, 0.15) is 6.54 Å². The molecule has 0 aliphatic carbocycles. The van der Waals surface area contributed by atoms with Crippen LogP contribution in [0, 0.1) is 6.92 Å². The number of aryl methyl sites for hydroxylation is 1. The van der Waals surface area contributed by atoms with Crippen LogP contribution >= 0.6 is 11.6 Å². The van der Waals surface area contributed by atoms with Crippen molar-refractivity contribution < 1.29 is 14.4 Å². The molecular weight excluding hydrogens is 514 g/mol. The van der Waals surface area contributed by atoms with Gasteiger partial charge in [0, 0.05) is 59.9 Å². The summed E-state index contributed by atoms with van der Waals surface area (Å²) in [7, 11) is 0. The van der Waals surface area contributed by atoms with Crippen molar-refractivity contribution in [1.82, 2.24) is 9.80 Å². The number of hydrogen-bond acceptors (Lipinski definition) is 4. The van der Waals surface area contributed by atoms with E-state index in [1.165, 1.54) is 4.90 Å². The second-order valence-corrected chi connectivity index (χ2v) is 10.3. The standard InChI is InChI=1S/C30H34ClN5O3/c1-21(2)36(29(38)23-6-8-24(31)9-7-23)20-28(37)32-25-12-14-27(15-13-25)34-16-18-35(19-17-34)30(39)33-26-10-4-22(3)5-11-26/h4-15,21H,16-20H2,1-3H3,(H,32,37)(H,33,39). The van der Waals surface area contributed by atoms with E-state index in [0.29, 0.717) is 42.5 Å². The molecule has 1 saturated heterocycles. The topological polar surface area (TPSA) is 85.0 Å². The lowest BCUT2D eigenvalue weighted by Gasteiger charge is -2.36. The summed E-state index contributed by atoms with van der Waals surface area (Å²) >= 11 is 5.93. The summed E-state index contributed by atoms with van der Waals surface area (Å²) in [6.07, 6.45) is 0. The minimum absolute atomic E-state index is 0.0620. The lowest BCUT2D eigenvalue weighted by atomic mass is 10.1. The van der Waals surface area contributed by atoms with Gasteiger partial charge < -0.3 is 25.3 Å². The summed E-state index contributed by atoms with van der Waals surface area (Å²) in [5.74, 6) is -0.495. The van der Waals surface area contributed by atoms with E-state index in [4.69, 9.17) is 11.6 Å². The Morgan fingerprint density at radius 1 is 0.821 bits per heavy atom. The van der Waals surface area contributed by atoms with Gasteiger partial charge in [-0.2, -0.15) is 0 Å². The van der Waals surface area contributed by atoms with Crippen LogP contribution in [0.3, 0.4) is 0 Å². The maximum Gasteiger partial charge on any atom is 0.321 e. The minimum atomic E-state index is -0.271. The second kappa shape index (κ2) is 12.7. The van der Waals surface area contributed by atoms with Crippen LogP contribution in [0.15, 0.2) is 72.8 Å². The molecule has 3 aromatic rings. The van der Waals surface area contributed by atoms with Crippen molar-refractivity contribution in [2.45, 2.75) is 26.8 Å². The van der Waals surface area contributed by atoms with E-state index in [-0.39, 0.29) is 30.4 Å². The van der Waals surface area contributed by atoms with E-state index in [1.807, 2.05) is 74.2 Å². The van der Waals surface area contributed by atoms with Gasteiger partial charge in [0.2, 0.25) is 5.91 Å². The number of piperazine rings is 1. The molecule has 1 fully saturated rings. The SMILES string of the molecule is Cc1ccc(NC(=O)N2CCN(c3ccc(NC(=O)CN(C(=O)c4ccc(Cl)cc4)C(C)C)cc3)CC2)cc1. The Labute approximate surface area is 234 Å². The van der Waals surface area contributed by atoms with Crippen LogP contribution in [-0.4, -0.2) is 66.4 Å². The number of halogens is 1. The number of amides is 4. The number of urea groups is 1. The van der Waals surface area contributed by atoms with E-state index in [1.54, 1.807) is 24.3 Å². The third kappa shape index (κ3) is 7.51. The molecule has 0 atom stereocenters. The lowest BCUT2D eigenvalue weighted by molar-refractivity contribution is -0.117. The summed E-state index contributed by atoms with van der Waals surface area (Å²) in [5, 5.41) is 6.39. The largest absolute Gasteiger partial charge is 0.368 e. The number of carbonyl (C=O) groups excluding carboxylic acids is 3. The van der Waals surface area contributed by atoms with E-state index in [9.17, 15) is 14.4 Å². The number of benzene rings is 3. The Morgan fingerprint density at radius 2 is 1.38 bits per heavy atom. The lowest BCUT2D eigenvalue weighted by Crippen LogP contribution is -2.50. The molecule has 0 unspecified atom stereocenters. The zero-order valence-corrected chi connectivity index (χ0v) is 23.2. The summed E-state index contributed by atoms with van der Waals surface area (Å²) in [5.41, 5.74) is 4.10. The van der Waals surface area contributed by atoms with Crippen molar-refractivity contribution in [3.05, 3.63) is 88.9 Å². The van der Waals surface area contributed by atoms with Crippen molar-refractivity contribution in [3.8, 4) is 0 Å². The van der Waals surface area contributed by atoms with Gasteiger partial charge in [-0.3, -0.25) is 9.59 Å². The van der Waals surface area contributed by atoms with Crippen LogP contribution in [0.25, 0.3) is 0 Å². The van der Waals surface area contributed by atoms with Crippen molar-refractivity contribution in [2.24, 2.45) is 0 Å². The van der Waals surface area contributed by atoms with Gasteiger partial charge in [-0.05, 0) is 81.4 Å². The molecule has 1 aliphatic heterocycles. The molecular formula is C30H34ClN5O3. The molecule has 204 valence electrons. The predicted molar refractivity (Wildman–Crippen MR) is 157 cm³/mol. The summed E-state index contributed by atoms with van der Waals surface area (Å²) in [4.78, 5) is 43.9. The Hall–Kier alpha value is -4.04. The quantitative estimate of drug-likeness (QED) is 0.409. The van der Waals surface area contributed by atoms with Crippen LogP contribution in [0.5, 0.6) is 0 Å². The third-order valence-corrected chi connectivity index (χ3v) is 6.93. The first-order chi connectivity index (χ1) is 18.7. The van der Waals surface area contributed by atoms with Crippen molar-refractivity contribution in [1.29, 1.82) is 0 Å². The highest BCUT2D eigenvalue weighted by Gasteiger charge is 2.23. The number of nitrogens with one attached hydrogen (secondary N) is 2. The number of rotatable bonds is 7. The van der Waals surface area contributed by atoms with Crippen molar-refractivity contribution in [3.63, 3.8) is 0 Å². The van der Waals surface area contributed by atoms with Gasteiger partial charge in [0.25, 0.3) is 5.91 Å². The Kier molecular flexibility index (Phi) is 9.09. The minimum Gasteiger partial charge on any atom is -0.368 e. The van der Waals surface area contributed by atoms with Gasteiger partial charge >= 0.3 is 6.03 Å². The molecule has 8 nitrogen and oxygen atoms in total. The molecule has 3 aromatic carbocycles. The first kappa shape index (κ1) is 28.0. The van der Waals surface area contributed by atoms with Gasteiger partial charge in [-0.15, -0.1) is 0 Å². The van der Waals surface area contributed by atoms with Gasteiger partial charge in [0.05, 0.1) is 0 Å². The van der Waals surface area contributed by atoms with Crippen molar-refractivity contribution >= 4 is 46.5 Å². The maximum absolute atomic E-state index is 12.9. The van der Waals surface area contributed by atoms with E-state index in [0.717, 1.165) is 16.9 Å². The van der Waals surface area contributed by atoms with Gasteiger partial charge in [-0.1, -0.05) is 29.3 Å². The molecule has 2 N–H and O–H groups in total. The van der Waals surface area contributed by atoms with E-state index < -0.39 is 0 Å². The number of hydrogen-bond donors (Lipinski definition) is 2. The van der Waals surface area contributed by atoms with Crippen LogP contribution in [0.4, 0.5) is 21.9 Å². The van der Waals surface area contributed by atoms with Crippen LogP contribution in [-0.2, 0) is 4.79 Å². The predicted octanol–water partition coefficient (Wildman–Crippen LogP) is 5.49. The van der Waals surface area contributed by atoms with Gasteiger partial charge in [0.15, 0.2) is 0 Å². The second-order valence-electron chi connectivity index (χ2n) is 9.90. The van der Waals surface area contributed by atoms with E-state index >= 15 is 0 Å². The summed E-state index contributed by atoms with van der Waals surface area (Å²) < 4.78 is 0. The highest BCUT2D eigenvalue weighted by Crippen LogP contribution is 2.21. The van der Waals surface area contributed by atoms with Crippen molar-refractivity contribution in [2.75, 3.05) is 48.3 Å². The molecule has 39 heavy (non-hydrogen) atoms. The Morgan fingerprint density at radius 3 is 1.97 bits per heavy atom. The number of anilines is 3. The highest BCUT2D eigenvalue weighted by molar-refractivity contribution is 6.30. The van der Waals surface area contributed by atoms with E-state index in [2.05, 4.69) is 15.5 Å². The number of carbonyl (C=O) groups is 3. The first-order valence-corrected chi connectivity index (χ1v) is 13.4. The average Bonchev–Trinajstić information content (AvgIpc) is 2.93. The zero-order valence-electron chi connectivity index (χ0n) is 22.5. The first-order valence-electron chi connectivity index (χ1n) is 13.0. The molecule has 0 aromatic heterocycles. The van der Waals surface area contributed by atoms with Crippen LogP contribution in [0.1, 0.15) is 29.8 Å². The number of nitrogens with zero attached hydrogens (tertiary/aromatic N) is 3. The van der Waals surface area contributed by atoms with Crippen LogP contribution in [0.2, 0.25) is 5.02 Å². The van der Waals surface area contributed by atoms with Crippen LogP contribution < -0.4 is 15.5 Å². The summed E-state index contributed by atoms with van der Waals surface area (Å²) in [6, 6.07) is 21.8. The molecule has 9 heteroatoms. The average molecular weight is 548 g/mol. The molecule has 0 saturated carbocycles. The molecule has 0 radical (unpaired) electrons. The maximum atomic E-state index is 12.9. The fourth-order valence-corrected chi connectivity index (χ4v) is 4.49. The monoisotopic (exact) mass is 547 g/mol. The fourth-order valence-electron chi connectivity index (χ4n) is 4.37. The Bertz CT molecular complexity index is 1290. The summed E-state index contributed by atoms with van der Waals surface area (Å²) in [6.45, 7) is 8.35. The molecule has 1 aliphatic rings. The zero-order chi connectivity index (χ0) is 27.9. The highest BCUT2D eigenvalue weighted by atomic mass is 35.5. The third-order valence-electron chi connectivity index (χ3n) is 6.68. The molecule has 0 spiro atoms. The molecule has 4 amide bonds. The Balaban J connectivity index is 1.27. The molecule has 0 bridgehead atoms.